The molecule has 0 bridgehead atoms. The lowest BCUT2D eigenvalue weighted by molar-refractivity contribution is 0.116. The molecule has 1 saturated carbocycles. The quantitative estimate of drug-likeness (QED) is 0.749. The normalized spacial score (nSPS) is 14.8. The molecule has 0 aliphatic heterocycles. The number of nitrogens with zero attached hydrogens (tertiary/aromatic N) is 5. The molecule has 0 spiro atoms. The molecule has 1 aliphatic carbocycles. The average molecular weight is 354 g/mol. The summed E-state index contributed by atoms with van der Waals surface area (Å²) in [6.07, 6.45) is 1.90. The minimum absolute atomic E-state index is 0.0555. The van der Waals surface area contributed by atoms with E-state index in [1.54, 1.807) is 12.1 Å². The molecule has 0 radical (unpaired) electrons. The Morgan fingerprint density at radius 2 is 1.81 bits per heavy atom. The van der Waals surface area contributed by atoms with Gasteiger partial charge in [-0.15, -0.1) is 10.2 Å². The van der Waals surface area contributed by atoms with Crippen LogP contribution in [0.1, 0.15) is 36.3 Å². The number of rotatable bonds is 5. The molecule has 2 heterocycles. The van der Waals surface area contributed by atoms with Crippen LogP contribution in [0.2, 0.25) is 0 Å². The molecule has 2 aromatic heterocycles. The van der Waals surface area contributed by atoms with Gasteiger partial charge >= 0.3 is 6.43 Å². The Labute approximate surface area is 146 Å². The third-order valence-corrected chi connectivity index (χ3v) is 4.19. The number of hydrogen-bond acceptors (Lipinski definition) is 7. The van der Waals surface area contributed by atoms with E-state index in [4.69, 9.17) is 9.68 Å². The van der Waals surface area contributed by atoms with E-state index < -0.39 is 12.3 Å². The highest BCUT2D eigenvalue weighted by Gasteiger charge is 2.45. The van der Waals surface area contributed by atoms with Crippen LogP contribution >= 0.6 is 0 Å². The van der Waals surface area contributed by atoms with Gasteiger partial charge in [-0.3, -0.25) is 0 Å². The summed E-state index contributed by atoms with van der Waals surface area (Å²) in [6, 6.07) is 9.47. The summed E-state index contributed by atoms with van der Waals surface area (Å²) in [5.41, 5.74) is 1.77. The third-order valence-electron chi connectivity index (χ3n) is 4.19. The van der Waals surface area contributed by atoms with Gasteiger partial charge in [-0.25, -0.2) is 9.97 Å². The van der Waals surface area contributed by atoms with Crippen molar-refractivity contribution < 1.29 is 13.2 Å². The first-order valence-electron chi connectivity index (χ1n) is 7.82. The average Bonchev–Trinajstić information content (AvgIpc) is 3.27. The lowest BCUT2D eigenvalue weighted by atomic mass is 10.0. The molecule has 0 amide bonds. The molecule has 0 atom stereocenters. The Bertz CT molecular complexity index is 958. The Morgan fingerprint density at radius 3 is 2.35 bits per heavy atom. The lowest BCUT2D eigenvalue weighted by Crippen LogP contribution is -2.20. The maximum absolute atomic E-state index is 12.5. The van der Waals surface area contributed by atoms with E-state index in [1.165, 1.54) is 12.4 Å². The molecule has 1 fully saturated rings. The van der Waals surface area contributed by atoms with Gasteiger partial charge < -0.3 is 9.73 Å². The highest BCUT2D eigenvalue weighted by atomic mass is 19.3. The van der Waals surface area contributed by atoms with Crippen molar-refractivity contribution in [3.63, 3.8) is 0 Å². The molecule has 26 heavy (non-hydrogen) atoms. The van der Waals surface area contributed by atoms with Crippen LogP contribution in [0.4, 0.5) is 14.7 Å². The number of alkyl halides is 2. The number of halogens is 2. The number of hydrogen-bond donors (Lipinski definition) is 1. The van der Waals surface area contributed by atoms with Gasteiger partial charge in [0.25, 0.3) is 11.8 Å². The summed E-state index contributed by atoms with van der Waals surface area (Å²) < 4.78 is 29.9. The summed E-state index contributed by atoms with van der Waals surface area (Å²) in [6.45, 7) is 0. The SMILES string of the molecule is N#Cc1ccc(C2(Nc3ncc(-c4nnc(C(F)F)o4)cn3)CC2)cc1. The highest BCUT2D eigenvalue weighted by Crippen LogP contribution is 2.47. The van der Waals surface area contributed by atoms with Crippen LogP contribution in [-0.4, -0.2) is 20.2 Å². The van der Waals surface area contributed by atoms with Gasteiger partial charge in [-0.2, -0.15) is 14.0 Å². The van der Waals surface area contributed by atoms with Crippen molar-refractivity contribution in [2.75, 3.05) is 5.32 Å². The molecule has 0 saturated heterocycles. The number of nitrogens with one attached hydrogen (secondary N) is 1. The van der Waals surface area contributed by atoms with Crippen molar-refractivity contribution in [1.82, 2.24) is 20.2 Å². The van der Waals surface area contributed by atoms with E-state index in [0.29, 0.717) is 17.1 Å². The van der Waals surface area contributed by atoms with E-state index in [2.05, 4.69) is 31.6 Å². The van der Waals surface area contributed by atoms with Gasteiger partial charge in [0.1, 0.15) is 0 Å². The summed E-state index contributed by atoms with van der Waals surface area (Å²) in [5.74, 6) is -0.385. The molecule has 7 nitrogen and oxygen atoms in total. The van der Waals surface area contributed by atoms with E-state index in [0.717, 1.165) is 18.4 Å². The minimum Gasteiger partial charge on any atom is -0.415 e. The van der Waals surface area contributed by atoms with Crippen LogP contribution < -0.4 is 5.32 Å². The zero-order chi connectivity index (χ0) is 18.1. The fourth-order valence-electron chi connectivity index (χ4n) is 2.63. The molecule has 0 unspecified atom stereocenters. The standard InChI is InChI=1S/C17H12F2N6O/c18-13(19)15-25-24-14(26-15)11-8-21-16(22-9-11)23-17(5-6-17)12-3-1-10(7-20)2-4-12/h1-4,8-9,13H,5-6H2,(H,21,22,23). The predicted molar refractivity (Wildman–Crippen MR) is 86.0 cm³/mol. The number of nitriles is 1. The second kappa shape index (κ2) is 6.15. The molecular formula is C17H12F2N6O. The number of benzene rings is 1. The van der Waals surface area contributed by atoms with Gasteiger partial charge in [-0.05, 0) is 30.5 Å². The van der Waals surface area contributed by atoms with Crippen LogP contribution in [0, 0.1) is 11.3 Å². The highest BCUT2D eigenvalue weighted by molar-refractivity contribution is 5.51. The second-order valence-corrected chi connectivity index (χ2v) is 5.94. The van der Waals surface area contributed by atoms with Gasteiger partial charge in [0.05, 0.1) is 22.7 Å². The second-order valence-electron chi connectivity index (χ2n) is 5.94. The molecule has 3 aromatic rings. The molecule has 4 rings (SSSR count). The topological polar surface area (TPSA) is 101 Å². The van der Waals surface area contributed by atoms with Crippen molar-refractivity contribution in [3.05, 3.63) is 53.7 Å². The maximum atomic E-state index is 12.5. The maximum Gasteiger partial charge on any atom is 0.314 e. The van der Waals surface area contributed by atoms with E-state index in [-0.39, 0.29) is 11.4 Å². The molecule has 1 aliphatic rings. The van der Waals surface area contributed by atoms with Crippen LogP contribution in [0.15, 0.2) is 41.1 Å². The van der Waals surface area contributed by atoms with Gasteiger partial charge in [0.15, 0.2) is 0 Å². The Hall–Kier alpha value is -3.41. The fraction of sp³-hybridized carbons (Fsp3) is 0.235. The predicted octanol–water partition coefficient (Wildman–Crippen LogP) is 3.44. The lowest BCUT2D eigenvalue weighted by Gasteiger charge is -2.17. The number of anilines is 1. The van der Waals surface area contributed by atoms with Crippen LogP contribution in [0.5, 0.6) is 0 Å². The Morgan fingerprint density at radius 1 is 1.12 bits per heavy atom. The monoisotopic (exact) mass is 354 g/mol. The molecule has 130 valence electrons. The van der Waals surface area contributed by atoms with Crippen molar-refractivity contribution >= 4 is 5.95 Å². The first kappa shape index (κ1) is 16.1. The molecule has 1 aromatic carbocycles. The summed E-state index contributed by atoms with van der Waals surface area (Å²) in [4.78, 5) is 8.41. The Balaban J connectivity index is 1.51. The van der Waals surface area contributed by atoms with E-state index in [1.807, 2.05) is 12.1 Å². The summed E-state index contributed by atoms with van der Waals surface area (Å²) in [7, 11) is 0. The molecule has 9 heteroatoms. The first-order valence-corrected chi connectivity index (χ1v) is 7.82. The van der Waals surface area contributed by atoms with Crippen LogP contribution in [0.25, 0.3) is 11.5 Å². The number of aromatic nitrogens is 4. The largest absolute Gasteiger partial charge is 0.415 e. The summed E-state index contributed by atoms with van der Waals surface area (Å²) >= 11 is 0. The smallest absolute Gasteiger partial charge is 0.314 e. The van der Waals surface area contributed by atoms with E-state index >= 15 is 0 Å². The zero-order valence-corrected chi connectivity index (χ0v) is 13.4. The van der Waals surface area contributed by atoms with Crippen molar-refractivity contribution in [3.8, 4) is 17.5 Å². The van der Waals surface area contributed by atoms with Crippen molar-refractivity contribution in [2.45, 2.75) is 24.8 Å². The van der Waals surface area contributed by atoms with Crippen molar-refractivity contribution in [2.24, 2.45) is 0 Å². The Kier molecular flexibility index (Phi) is 3.80. The van der Waals surface area contributed by atoms with Gasteiger partial charge in [0, 0.05) is 12.4 Å². The molecular weight excluding hydrogens is 342 g/mol. The van der Waals surface area contributed by atoms with Gasteiger partial charge in [-0.1, -0.05) is 12.1 Å². The van der Waals surface area contributed by atoms with Gasteiger partial charge in [0.2, 0.25) is 5.95 Å². The van der Waals surface area contributed by atoms with Crippen LogP contribution in [-0.2, 0) is 5.54 Å². The van der Waals surface area contributed by atoms with Crippen molar-refractivity contribution in [1.29, 1.82) is 5.26 Å². The third kappa shape index (κ3) is 2.97. The minimum atomic E-state index is -2.82. The van der Waals surface area contributed by atoms with Crippen LogP contribution in [0.3, 0.4) is 0 Å². The zero-order valence-electron chi connectivity index (χ0n) is 13.4. The molecule has 1 N–H and O–H groups in total. The summed E-state index contributed by atoms with van der Waals surface area (Å²) in [5, 5.41) is 19.0. The van der Waals surface area contributed by atoms with E-state index in [9.17, 15) is 8.78 Å². The first-order chi connectivity index (χ1) is 12.6. The fourth-order valence-corrected chi connectivity index (χ4v) is 2.63.